The second-order valence-electron chi connectivity index (χ2n) is 11.0. The zero-order chi connectivity index (χ0) is 31.8. The van der Waals surface area contributed by atoms with Crippen LogP contribution in [0.1, 0.15) is 70.0 Å². The number of anilines is 1. The fourth-order valence-electron chi connectivity index (χ4n) is 5.37. The quantitative estimate of drug-likeness (QED) is 0.123. The molecule has 2 aliphatic heterocycles. The molecule has 5 rings (SSSR count). The number of hydrogen-bond acceptors (Lipinski definition) is 9. The summed E-state index contributed by atoms with van der Waals surface area (Å²) in [5.41, 5.74) is 2.79. The number of benzene rings is 2. The van der Waals surface area contributed by atoms with Gasteiger partial charge in [0.05, 0.1) is 18.8 Å². The predicted molar refractivity (Wildman–Crippen MR) is 175 cm³/mol. The van der Waals surface area contributed by atoms with Crippen molar-refractivity contribution in [3.63, 3.8) is 0 Å². The lowest BCUT2D eigenvalue weighted by Crippen LogP contribution is -2.38. The number of carbonyl (C=O) groups excluding carboxylic acids is 2. The van der Waals surface area contributed by atoms with Gasteiger partial charge in [0.25, 0.3) is 5.91 Å². The van der Waals surface area contributed by atoms with Gasteiger partial charge in [-0.25, -0.2) is 9.48 Å². The van der Waals surface area contributed by atoms with Gasteiger partial charge in [-0.1, -0.05) is 61.0 Å². The highest BCUT2D eigenvalue weighted by molar-refractivity contribution is 7.98. The average molecular weight is 654 g/mol. The summed E-state index contributed by atoms with van der Waals surface area (Å²) in [7, 11) is 0. The van der Waals surface area contributed by atoms with Crippen molar-refractivity contribution in [2.45, 2.75) is 69.8 Å². The molecule has 2 aliphatic rings. The van der Waals surface area contributed by atoms with E-state index in [1.165, 1.54) is 11.8 Å². The second-order valence-corrected chi connectivity index (χ2v) is 12.3. The molecule has 1 saturated heterocycles. The van der Waals surface area contributed by atoms with Crippen LogP contribution in [0.25, 0.3) is 0 Å². The summed E-state index contributed by atoms with van der Waals surface area (Å²) in [5.74, 6) is 1.58. The Balaban J connectivity index is 1.45. The molecule has 1 atom stereocenters. The smallest absolute Gasteiger partial charge is 0.338 e. The Morgan fingerprint density at radius 2 is 1.87 bits per heavy atom. The number of likely N-dealkylation sites (tertiary alicyclic amines) is 1. The first-order valence-electron chi connectivity index (χ1n) is 15.5. The Morgan fingerprint density at radius 3 is 2.62 bits per heavy atom. The largest absolute Gasteiger partial charge is 0.490 e. The minimum atomic E-state index is -0.638. The number of hydrogen-bond donors (Lipinski definition) is 1. The van der Waals surface area contributed by atoms with E-state index >= 15 is 0 Å². The molecule has 1 amide bonds. The van der Waals surface area contributed by atoms with Gasteiger partial charge in [-0.15, -0.1) is 5.10 Å². The van der Waals surface area contributed by atoms with Crippen molar-refractivity contribution in [2.75, 3.05) is 38.2 Å². The van der Waals surface area contributed by atoms with Crippen LogP contribution in [0.4, 0.5) is 5.95 Å². The number of fused-ring (bicyclic) bond motifs is 1. The number of allylic oxidation sites excluding steroid dienone is 1. The van der Waals surface area contributed by atoms with Gasteiger partial charge in [-0.2, -0.15) is 4.98 Å². The van der Waals surface area contributed by atoms with Crippen LogP contribution >= 0.6 is 23.4 Å². The molecule has 0 spiro atoms. The van der Waals surface area contributed by atoms with E-state index in [9.17, 15) is 9.59 Å². The number of thioether (sulfide) groups is 1. The third kappa shape index (κ3) is 7.94. The molecule has 0 aliphatic carbocycles. The zero-order valence-electron chi connectivity index (χ0n) is 26.0. The van der Waals surface area contributed by atoms with Crippen LogP contribution in [0.2, 0.25) is 5.02 Å². The number of aromatic nitrogens is 3. The number of rotatable bonds is 13. The van der Waals surface area contributed by atoms with Crippen LogP contribution in [-0.2, 0) is 20.1 Å². The van der Waals surface area contributed by atoms with Gasteiger partial charge >= 0.3 is 5.97 Å². The molecule has 240 valence electrons. The molecule has 1 aromatic heterocycles. The standard InChI is InChI=1S/C33H40ClN5O5S/c1-4-6-18-43-31(41)29-22(3)35-32-36-33(45-21-24-12-8-9-13-25(24)34)37-39(32)30(29)23-14-15-26(27(19-23)42-5-2)44-20-28(40)38-16-10-7-11-17-38/h8-9,12-15,19,30H,4-7,10-11,16-18,20-21H2,1-3H3,(H,35,36,37). The third-order valence-corrected chi connectivity index (χ3v) is 9.00. The van der Waals surface area contributed by atoms with Gasteiger partial charge in [0.15, 0.2) is 18.1 Å². The molecule has 3 heterocycles. The average Bonchev–Trinajstić information content (AvgIpc) is 3.45. The van der Waals surface area contributed by atoms with Crippen LogP contribution in [0.5, 0.6) is 11.5 Å². The van der Waals surface area contributed by atoms with Crippen molar-refractivity contribution in [1.82, 2.24) is 19.7 Å². The first-order valence-corrected chi connectivity index (χ1v) is 16.9. The SMILES string of the molecule is CCCCOC(=O)C1=C(C)Nc2nc(SCc3ccccc3Cl)nn2C1c1ccc(OCC(=O)N2CCCCC2)c(OCC)c1. The first-order chi connectivity index (χ1) is 21.9. The summed E-state index contributed by atoms with van der Waals surface area (Å²) in [6, 6.07) is 12.5. The number of carbonyl (C=O) groups is 2. The molecule has 0 bridgehead atoms. The molecule has 0 radical (unpaired) electrons. The van der Waals surface area contributed by atoms with Crippen LogP contribution in [0.3, 0.4) is 0 Å². The van der Waals surface area contributed by atoms with Crippen LogP contribution < -0.4 is 14.8 Å². The maximum Gasteiger partial charge on any atom is 0.338 e. The maximum atomic E-state index is 13.5. The minimum Gasteiger partial charge on any atom is -0.490 e. The molecule has 3 aromatic rings. The topological polar surface area (TPSA) is 108 Å². The van der Waals surface area contributed by atoms with Crippen molar-refractivity contribution >= 4 is 41.2 Å². The minimum absolute atomic E-state index is 0.0377. The van der Waals surface area contributed by atoms with E-state index < -0.39 is 12.0 Å². The van der Waals surface area contributed by atoms with Crippen molar-refractivity contribution < 1.29 is 23.8 Å². The fraction of sp³-hybridized carbons (Fsp3) is 0.455. The van der Waals surface area contributed by atoms with E-state index in [0.29, 0.717) is 57.9 Å². The van der Waals surface area contributed by atoms with Crippen molar-refractivity contribution in [1.29, 1.82) is 0 Å². The molecular weight excluding hydrogens is 614 g/mol. The highest BCUT2D eigenvalue weighted by Gasteiger charge is 2.36. The Labute approximate surface area is 273 Å². The molecule has 2 aromatic carbocycles. The highest BCUT2D eigenvalue weighted by atomic mass is 35.5. The maximum absolute atomic E-state index is 13.5. The summed E-state index contributed by atoms with van der Waals surface area (Å²) in [6.07, 6.45) is 4.85. The Bertz CT molecular complexity index is 1540. The van der Waals surface area contributed by atoms with Gasteiger partial charge in [0, 0.05) is 29.6 Å². The van der Waals surface area contributed by atoms with E-state index in [0.717, 1.165) is 56.3 Å². The lowest BCUT2D eigenvalue weighted by molar-refractivity contribution is -0.139. The van der Waals surface area contributed by atoms with E-state index in [-0.39, 0.29) is 12.5 Å². The van der Waals surface area contributed by atoms with Crippen molar-refractivity contribution in [3.8, 4) is 11.5 Å². The van der Waals surface area contributed by atoms with Gasteiger partial charge in [-0.05, 0) is 68.9 Å². The normalized spacial score (nSPS) is 16.2. The van der Waals surface area contributed by atoms with E-state index in [1.807, 2.05) is 62.1 Å². The number of halogens is 1. The van der Waals surface area contributed by atoms with Crippen molar-refractivity contribution in [2.24, 2.45) is 0 Å². The molecule has 10 nitrogen and oxygen atoms in total. The third-order valence-electron chi connectivity index (χ3n) is 7.74. The Hall–Kier alpha value is -3.70. The number of unbranched alkanes of at least 4 members (excludes halogenated alkanes) is 1. The Kier molecular flexibility index (Phi) is 11.3. The lowest BCUT2D eigenvalue weighted by Gasteiger charge is -2.29. The molecule has 1 fully saturated rings. The number of ether oxygens (including phenoxy) is 3. The summed E-state index contributed by atoms with van der Waals surface area (Å²) in [6.45, 7) is 7.94. The summed E-state index contributed by atoms with van der Waals surface area (Å²) >= 11 is 7.84. The number of esters is 1. The number of piperidine rings is 1. The van der Waals surface area contributed by atoms with Gasteiger partial charge in [0.1, 0.15) is 6.04 Å². The summed E-state index contributed by atoms with van der Waals surface area (Å²) in [4.78, 5) is 32.9. The van der Waals surface area contributed by atoms with E-state index in [4.69, 9.17) is 35.9 Å². The summed E-state index contributed by atoms with van der Waals surface area (Å²) in [5, 5.41) is 9.30. The van der Waals surface area contributed by atoms with Gasteiger partial charge in [0.2, 0.25) is 11.1 Å². The second kappa shape index (κ2) is 15.5. The molecular formula is C33H40ClN5O5S. The van der Waals surface area contributed by atoms with E-state index in [1.54, 1.807) is 10.7 Å². The molecule has 45 heavy (non-hydrogen) atoms. The molecule has 1 unspecified atom stereocenters. The zero-order valence-corrected chi connectivity index (χ0v) is 27.6. The Morgan fingerprint density at radius 1 is 1.07 bits per heavy atom. The molecule has 0 saturated carbocycles. The monoisotopic (exact) mass is 653 g/mol. The molecule has 1 N–H and O–H groups in total. The highest BCUT2D eigenvalue weighted by Crippen LogP contribution is 2.40. The summed E-state index contributed by atoms with van der Waals surface area (Å²) < 4.78 is 19.4. The van der Waals surface area contributed by atoms with Crippen molar-refractivity contribution in [3.05, 3.63) is 69.9 Å². The van der Waals surface area contributed by atoms with E-state index in [2.05, 4.69) is 5.32 Å². The predicted octanol–water partition coefficient (Wildman–Crippen LogP) is 6.65. The van der Waals surface area contributed by atoms with Gasteiger partial charge < -0.3 is 24.4 Å². The number of nitrogens with one attached hydrogen (secondary N) is 1. The van der Waals surface area contributed by atoms with Crippen LogP contribution in [0.15, 0.2) is 58.9 Å². The fourth-order valence-corrected chi connectivity index (χ4v) is 6.48. The van der Waals surface area contributed by atoms with Crippen LogP contribution in [0, 0.1) is 0 Å². The lowest BCUT2D eigenvalue weighted by atomic mass is 9.95. The number of amides is 1. The van der Waals surface area contributed by atoms with Gasteiger partial charge in [-0.3, -0.25) is 4.79 Å². The molecule has 12 heteroatoms. The first kappa shape index (κ1) is 32.7. The number of nitrogens with zero attached hydrogens (tertiary/aromatic N) is 4. The van der Waals surface area contributed by atoms with Crippen LogP contribution in [-0.4, -0.2) is 64.5 Å².